The van der Waals surface area contributed by atoms with E-state index < -0.39 is 0 Å². The number of nitrogens with zero attached hydrogens (tertiary/aromatic N) is 4. The van der Waals surface area contributed by atoms with Gasteiger partial charge < -0.3 is 10.1 Å². The number of anilines is 1. The summed E-state index contributed by atoms with van der Waals surface area (Å²) in [6.07, 6.45) is 3.95. The SMILES string of the molecule is COc1ccccc1-c1nc2n(n1)C(c1ccccn1)C1=C(CCCC1=O)N2. The van der Waals surface area contributed by atoms with Crippen LogP contribution >= 0.6 is 0 Å². The van der Waals surface area contributed by atoms with Gasteiger partial charge in [0.15, 0.2) is 11.6 Å². The Labute approximate surface area is 162 Å². The van der Waals surface area contributed by atoms with Gasteiger partial charge in [-0.3, -0.25) is 9.78 Å². The van der Waals surface area contributed by atoms with Gasteiger partial charge in [-0.1, -0.05) is 18.2 Å². The van der Waals surface area contributed by atoms with Gasteiger partial charge in [-0.05, 0) is 37.1 Å². The van der Waals surface area contributed by atoms with Gasteiger partial charge >= 0.3 is 0 Å². The monoisotopic (exact) mass is 373 g/mol. The molecule has 0 bridgehead atoms. The molecule has 2 aromatic heterocycles. The summed E-state index contributed by atoms with van der Waals surface area (Å²) in [5.41, 5.74) is 3.26. The predicted octanol–water partition coefficient (Wildman–Crippen LogP) is 3.37. The Balaban J connectivity index is 1.69. The molecule has 7 heteroatoms. The molecule has 1 aliphatic carbocycles. The van der Waals surface area contributed by atoms with Crippen LogP contribution in [-0.4, -0.2) is 32.6 Å². The van der Waals surface area contributed by atoms with Crippen LogP contribution in [0.4, 0.5) is 5.95 Å². The molecule has 7 nitrogen and oxygen atoms in total. The third-order valence-electron chi connectivity index (χ3n) is 5.18. The average Bonchev–Trinajstić information content (AvgIpc) is 3.16. The van der Waals surface area contributed by atoms with Crippen molar-refractivity contribution in [2.75, 3.05) is 12.4 Å². The number of Topliss-reactive ketones (excluding diaryl/α,β-unsaturated/α-hetero) is 1. The number of pyridine rings is 1. The van der Waals surface area contributed by atoms with E-state index in [2.05, 4.69) is 10.3 Å². The Bertz CT molecular complexity index is 1090. The molecule has 3 aromatic rings. The highest BCUT2D eigenvalue weighted by Crippen LogP contribution is 2.40. The largest absolute Gasteiger partial charge is 0.496 e. The molecule has 5 rings (SSSR count). The van der Waals surface area contributed by atoms with Crippen LogP contribution < -0.4 is 10.1 Å². The van der Waals surface area contributed by atoms with E-state index in [1.807, 2.05) is 42.5 Å². The van der Waals surface area contributed by atoms with Crippen molar-refractivity contribution < 1.29 is 9.53 Å². The lowest BCUT2D eigenvalue weighted by molar-refractivity contribution is -0.116. The number of ether oxygens (including phenoxy) is 1. The fraction of sp³-hybridized carbons (Fsp3) is 0.238. The van der Waals surface area contributed by atoms with E-state index in [4.69, 9.17) is 14.8 Å². The summed E-state index contributed by atoms with van der Waals surface area (Å²) in [6, 6.07) is 13.0. The number of fused-ring (bicyclic) bond motifs is 1. The number of methoxy groups -OCH3 is 1. The van der Waals surface area contributed by atoms with Crippen LogP contribution in [0.3, 0.4) is 0 Å². The van der Waals surface area contributed by atoms with Crippen LogP contribution in [-0.2, 0) is 4.79 Å². The molecule has 1 atom stereocenters. The summed E-state index contributed by atoms with van der Waals surface area (Å²) < 4.78 is 7.24. The molecule has 0 amide bonds. The first-order valence-corrected chi connectivity index (χ1v) is 9.30. The minimum atomic E-state index is -0.379. The molecule has 0 saturated carbocycles. The molecular weight excluding hydrogens is 354 g/mol. The Kier molecular flexibility index (Phi) is 3.93. The van der Waals surface area contributed by atoms with Gasteiger partial charge in [0.25, 0.3) is 0 Å². The van der Waals surface area contributed by atoms with Crippen molar-refractivity contribution in [3.8, 4) is 17.1 Å². The normalized spacial score (nSPS) is 18.3. The molecule has 140 valence electrons. The molecule has 0 radical (unpaired) electrons. The highest BCUT2D eigenvalue weighted by Gasteiger charge is 2.37. The molecule has 1 aromatic carbocycles. The highest BCUT2D eigenvalue weighted by atomic mass is 16.5. The zero-order valence-electron chi connectivity index (χ0n) is 15.4. The first kappa shape index (κ1) is 16.7. The van der Waals surface area contributed by atoms with Gasteiger partial charge in [-0.2, -0.15) is 4.98 Å². The molecule has 0 fully saturated rings. The zero-order chi connectivity index (χ0) is 19.1. The predicted molar refractivity (Wildman–Crippen MR) is 104 cm³/mol. The van der Waals surface area contributed by atoms with Crippen LogP contribution in [0.1, 0.15) is 31.0 Å². The lowest BCUT2D eigenvalue weighted by Gasteiger charge is -2.31. The maximum atomic E-state index is 12.8. The molecule has 3 heterocycles. The molecule has 0 spiro atoms. The van der Waals surface area contributed by atoms with Crippen LogP contribution in [0, 0.1) is 0 Å². The number of para-hydroxylation sites is 1. The summed E-state index contributed by atoms with van der Waals surface area (Å²) in [5.74, 6) is 2.01. The van der Waals surface area contributed by atoms with Crippen molar-refractivity contribution in [2.45, 2.75) is 25.3 Å². The smallest absolute Gasteiger partial charge is 0.226 e. The highest BCUT2D eigenvalue weighted by molar-refractivity contribution is 5.99. The number of hydrogen-bond acceptors (Lipinski definition) is 6. The van der Waals surface area contributed by atoms with Crippen molar-refractivity contribution in [1.82, 2.24) is 19.7 Å². The van der Waals surface area contributed by atoms with Gasteiger partial charge in [0, 0.05) is 23.9 Å². The van der Waals surface area contributed by atoms with Crippen molar-refractivity contribution in [3.63, 3.8) is 0 Å². The van der Waals surface area contributed by atoms with E-state index in [1.165, 1.54) is 0 Å². The lowest BCUT2D eigenvalue weighted by Crippen LogP contribution is -2.32. The second-order valence-corrected chi connectivity index (χ2v) is 6.85. The summed E-state index contributed by atoms with van der Waals surface area (Å²) in [6.45, 7) is 0. The van der Waals surface area contributed by atoms with E-state index in [0.29, 0.717) is 23.9 Å². The van der Waals surface area contributed by atoms with Crippen LogP contribution in [0.5, 0.6) is 5.75 Å². The first-order valence-electron chi connectivity index (χ1n) is 9.30. The third-order valence-corrected chi connectivity index (χ3v) is 5.18. The third kappa shape index (κ3) is 2.58. The summed E-state index contributed by atoms with van der Waals surface area (Å²) in [7, 11) is 1.63. The standard InChI is InChI=1S/C21H19N5O2/c1-28-17-11-3-2-7-13(17)20-24-21-23-14-9-6-10-16(27)18(14)19(26(21)25-20)15-8-4-5-12-22-15/h2-5,7-8,11-12,19H,6,9-10H2,1H3,(H,23,24,25). The van der Waals surface area contributed by atoms with E-state index in [1.54, 1.807) is 18.0 Å². The van der Waals surface area contributed by atoms with Gasteiger partial charge in [0.2, 0.25) is 5.95 Å². The Morgan fingerprint density at radius 3 is 2.82 bits per heavy atom. The van der Waals surface area contributed by atoms with Gasteiger partial charge in [0.05, 0.1) is 18.4 Å². The number of nitrogens with one attached hydrogen (secondary N) is 1. The molecule has 28 heavy (non-hydrogen) atoms. The van der Waals surface area contributed by atoms with Gasteiger partial charge in [0.1, 0.15) is 11.8 Å². The molecule has 1 aliphatic heterocycles. The second-order valence-electron chi connectivity index (χ2n) is 6.85. The summed E-state index contributed by atoms with van der Waals surface area (Å²) in [4.78, 5) is 22.0. The lowest BCUT2D eigenvalue weighted by atomic mass is 9.87. The van der Waals surface area contributed by atoms with Gasteiger partial charge in [-0.15, -0.1) is 5.10 Å². The number of allylic oxidation sites excluding steroid dienone is 2. The van der Waals surface area contributed by atoms with Crippen LogP contribution in [0.2, 0.25) is 0 Å². The van der Waals surface area contributed by atoms with Crippen LogP contribution in [0.15, 0.2) is 59.9 Å². The van der Waals surface area contributed by atoms with Crippen LogP contribution in [0.25, 0.3) is 11.4 Å². The molecule has 1 unspecified atom stereocenters. The summed E-state index contributed by atoms with van der Waals surface area (Å²) >= 11 is 0. The van der Waals surface area contributed by atoms with Gasteiger partial charge in [-0.25, -0.2) is 4.68 Å². The molecular formula is C21H19N5O2. The Morgan fingerprint density at radius 1 is 1.14 bits per heavy atom. The number of hydrogen-bond donors (Lipinski definition) is 1. The fourth-order valence-corrected chi connectivity index (χ4v) is 3.91. The molecule has 0 saturated heterocycles. The number of carbonyl (C=O) groups excluding carboxylic acids is 1. The number of aromatic nitrogens is 4. The molecule has 2 aliphatic rings. The second kappa shape index (κ2) is 6.60. The topological polar surface area (TPSA) is 81.9 Å². The number of rotatable bonds is 3. The maximum Gasteiger partial charge on any atom is 0.226 e. The quantitative estimate of drug-likeness (QED) is 0.758. The minimum Gasteiger partial charge on any atom is -0.496 e. The number of benzene rings is 1. The first-order chi connectivity index (χ1) is 13.8. The van der Waals surface area contributed by atoms with Crippen molar-refractivity contribution in [3.05, 3.63) is 65.6 Å². The maximum absolute atomic E-state index is 12.8. The minimum absolute atomic E-state index is 0.143. The van der Waals surface area contributed by atoms with Crippen molar-refractivity contribution in [1.29, 1.82) is 0 Å². The van der Waals surface area contributed by atoms with Crippen molar-refractivity contribution in [2.24, 2.45) is 0 Å². The van der Waals surface area contributed by atoms with E-state index in [-0.39, 0.29) is 11.8 Å². The Hall–Kier alpha value is -3.48. The van der Waals surface area contributed by atoms with E-state index >= 15 is 0 Å². The van der Waals surface area contributed by atoms with Crippen molar-refractivity contribution >= 4 is 11.7 Å². The molecule has 1 N–H and O–H groups in total. The average molecular weight is 373 g/mol. The summed E-state index contributed by atoms with van der Waals surface area (Å²) in [5, 5.41) is 8.09. The number of ketones is 1. The van der Waals surface area contributed by atoms with E-state index in [9.17, 15) is 4.79 Å². The van der Waals surface area contributed by atoms with E-state index in [0.717, 1.165) is 35.4 Å². The fourth-order valence-electron chi connectivity index (χ4n) is 3.91. The Morgan fingerprint density at radius 2 is 2.00 bits per heavy atom. The number of carbonyl (C=O) groups is 1. The zero-order valence-corrected chi connectivity index (χ0v) is 15.4.